The lowest BCUT2D eigenvalue weighted by molar-refractivity contribution is 0.185. The molecule has 0 aliphatic carbocycles. The smallest absolute Gasteiger partial charge is 0.129 e. The van der Waals surface area contributed by atoms with Crippen molar-refractivity contribution in [2.45, 2.75) is 19.7 Å². The fraction of sp³-hybridized carbons (Fsp3) is 0.250. The maximum absolute atomic E-state index is 13.6. The van der Waals surface area contributed by atoms with Crippen molar-refractivity contribution in [3.05, 3.63) is 70.0 Å². The molecule has 0 spiro atoms. The highest BCUT2D eigenvalue weighted by molar-refractivity contribution is 6.30. The van der Waals surface area contributed by atoms with E-state index < -0.39 is 0 Å². The predicted molar refractivity (Wildman–Crippen MR) is 79.1 cm³/mol. The van der Waals surface area contributed by atoms with Crippen LogP contribution in [0.25, 0.3) is 0 Å². The lowest BCUT2D eigenvalue weighted by atomic mass is 10.1. The van der Waals surface area contributed by atoms with E-state index in [0.717, 1.165) is 11.1 Å². The highest BCUT2D eigenvalue weighted by Crippen LogP contribution is 2.14. The molecule has 0 aliphatic rings. The van der Waals surface area contributed by atoms with Crippen molar-refractivity contribution >= 4 is 11.6 Å². The summed E-state index contributed by atoms with van der Waals surface area (Å²) in [6.45, 7) is 1.75. The molecule has 0 amide bonds. The Bertz CT molecular complexity index is 574. The second-order valence-electron chi connectivity index (χ2n) is 4.59. The van der Waals surface area contributed by atoms with Crippen LogP contribution in [0.5, 0.6) is 0 Å². The van der Waals surface area contributed by atoms with Gasteiger partial charge in [-0.3, -0.25) is 0 Å². The number of methoxy groups -OCH3 is 1. The van der Waals surface area contributed by atoms with Crippen LogP contribution >= 0.6 is 11.6 Å². The Morgan fingerprint density at radius 1 is 1.10 bits per heavy atom. The van der Waals surface area contributed by atoms with Gasteiger partial charge in [0, 0.05) is 30.8 Å². The van der Waals surface area contributed by atoms with Crippen LogP contribution in [0.1, 0.15) is 16.7 Å². The molecule has 106 valence electrons. The van der Waals surface area contributed by atoms with Gasteiger partial charge >= 0.3 is 0 Å². The fourth-order valence-electron chi connectivity index (χ4n) is 2.00. The standard InChI is InChI=1S/C16H17ClFNO/c1-20-11-13-4-2-3-12(7-13)9-19-10-14-5-6-15(17)8-16(14)18/h2-8,19H,9-11H2,1H3. The van der Waals surface area contributed by atoms with E-state index in [0.29, 0.717) is 30.3 Å². The Balaban J connectivity index is 1.90. The normalized spacial score (nSPS) is 10.8. The largest absolute Gasteiger partial charge is 0.380 e. The molecule has 0 saturated carbocycles. The summed E-state index contributed by atoms with van der Waals surface area (Å²) < 4.78 is 18.7. The van der Waals surface area contributed by atoms with Crippen molar-refractivity contribution in [1.82, 2.24) is 5.32 Å². The third kappa shape index (κ3) is 4.30. The molecule has 0 aromatic heterocycles. The van der Waals surface area contributed by atoms with Crippen molar-refractivity contribution in [2.75, 3.05) is 7.11 Å². The van der Waals surface area contributed by atoms with E-state index in [1.165, 1.54) is 6.07 Å². The van der Waals surface area contributed by atoms with Crippen molar-refractivity contribution in [1.29, 1.82) is 0 Å². The van der Waals surface area contributed by atoms with Crippen LogP contribution in [0.2, 0.25) is 5.02 Å². The molecule has 0 unspecified atom stereocenters. The summed E-state index contributed by atoms with van der Waals surface area (Å²) in [6.07, 6.45) is 0. The van der Waals surface area contributed by atoms with E-state index in [1.807, 2.05) is 18.2 Å². The SMILES string of the molecule is COCc1cccc(CNCc2ccc(Cl)cc2F)c1. The lowest BCUT2D eigenvalue weighted by Gasteiger charge is -2.08. The van der Waals surface area contributed by atoms with Crippen molar-refractivity contribution < 1.29 is 9.13 Å². The van der Waals surface area contributed by atoms with E-state index in [-0.39, 0.29) is 5.82 Å². The van der Waals surface area contributed by atoms with Gasteiger partial charge in [-0.15, -0.1) is 0 Å². The van der Waals surface area contributed by atoms with E-state index in [4.69, 9.17) is 16.3 Å². The average Bonchev–Trinajstić information content (AvgIpc) is 2.42. The lowest BCUT2D eigenvalue weighted by Crippen LogP contribution is -2.13. The van der Waals surface area contributed by atoms with Crippen LogP contribution in [0, 0.1) is 5.82 Å². The summed E-state index contributed by atoms with van der Waals surface area (Å²) in [5.74, 6) is -0.280. The summed E-state index contributed by atoms with van der Waals surface area (Å²) in [5, 5.41) is 3.64. The van der Waals surface area contributed by atoms with Crippen LogP contribution in [0.3, 0.4) is 0 Å². The van der Waals surface area contributed by atoms with E-state index in [2.05, 4.69) is 11.4 Å². The number of nitrogens with one attached hydrogen (secondary N) is 1. The maximum atomic E-state index is 13.6. The first kappa shape index (κ1) is 15.0. The summed E-state index contributed by atoms with van der Waals surface area (Å²) in [7, 11) is 1.67. The molecule has 0 heterocycles. The summed E-state index contributed by atoms with van der Waals surface area (Å²) in [5.41, 5.74) is 2.89. The number of hydrogen-bond acceptors (Lipinski definition) is 2. The van der Waals surface area contributed by atoms with Crippen LogP contribution in [0.4, 0.5) is 4.39 Å². The molecule has 1 N–H and O–H groups in total. The molecule has 0 aliphatic heterocycles. The Morgan fingerprint density at radius 3 is 2.65 bits per heavy atom. The van der Waals surface area contributed by atoms with Gasteiger partial charge in [0.2, 0.25) is 0 Å². The van der Waals surface area contributed by atoms with Gasteiger partial charge in [0.15, 0.2) is 0 Å². The summed E-state index contributed by atoms with van der Waals surface area (Å²) >= 11 is 5.72. The van der Waals surface area contributed by atoms with E-state index in [9.17, 15) is 4.39 Å². The molecule has 20 heavy (non-hydrogen) atoms. The van der Waals surface area contributed by atoms with Gasteiger partial charge < -0.3 is 10.1 Å². The Hall–Kier alpha value is -1.42. The highest BCUT2D eigenvalue weighted by atomic mass is 35.5. The van der Waals surface area contributed by atoms with Crippen LogP contribution < -0.4 is 5.32 Å². The molecule has 0 atom stereocenters. The predicted octanol–water partition coefficient (Wildman–Crippen LogP) is 3.92. The molecule has 4 heteroatoms. The Kier molecular flexibility index (Phi) is 5.53. The minimum absolute atomic E-state index is 0.280. The molecule has 2 aromatic rings. The van der Waals surface area contributed by atoms with Crippen molar-refractivity contribution in [2.24, 2.45) is 0 Å². The first-order valence-electron chi connectivity index (χ1n) is 6.40. The zero-order valence-corrected chi connectivity index (χ0v) is 12.1. The zero-order chi connectivity index (χ0) is 14.4. The van der Waals surface area contributed by atoms with Crippen LogP contribution in [0.15, 0.2) is 42.5 Å². The molecular weight excluding hydrogens is 277 g/mol. The number of rotatable bonds is 6. The Labute approximate surface area is 123 Å². The van der Waals surface area contributed by atoms with Crippen molar-refractivity contribution in [3.63, 3.8) is 0 Å². The number of halogens is 2. The topological polar surface area (TPSA) is 21.3 Å². The third-order valence-electron chi connectivity index (χ3n) is 2.96. The van der Waals surface area contributed by atoms with E-state index in [1.54, 1.807) is 19.2 Å². The van der Waals surface area contributed by atoms with Crippen LogP contribution in [-0.4, -0.2) is 7.11 Å². The molecule has 2 aromatic carbocycles. The first-order valence-corrected chi connectivity index (χ1v) is 6.78. The van der Waals surface area contributed by atoms with Gasteiger partial charge in [-0.1, -0.05) is 41.9 Å². The maximum Gasteiger partial charge on any atom is 0.129 e. The highest BCUT2D eigenvalue weighted by Gasteiger charge is 2.02. The summed E-state index contributed by atoms with van der Waals surface area (Å²) in [4.78, 5) is 0. The van der Waals surface area contributed by atoms with E-state index >= 15 is 0 Å². The van der Waals surface area contributed by atoms with Gasteiger partial charge in [0.05, 0.1) is 6.61 Å². The first-order chi connectivity index (χ1) is 9.69. The van der Waals surface area contributed by atoms with Crippen molar-refractivity contribution in [3.8, 4) is 0 Å². The second kappa shape index (κ2) is 7.39. The van der Waals surface area contributed by atoms with Gasteiger partial charge in [-0.25, -0.2) is 4.39 Å². The minimum Gasteiger partial charge on any atom is -0.380 e. The molecule has 0 saturated heterocycles. The van der Waals surface area contributed by atoms with Gasteiger partial charge in [0.25, 0.3) is 0 Å². The number of ether oxygens (including phenoxy) is 1. The van der Waals surface area contributed by atoms with Crippen LogP contribution in [-0.2, 0) is 24.4 Å². The quantitative estimate of drug-likeness (QED) is 0.872. The number of benzene rings is 2. The monoisotopic (exact) mass is 293 g/mol. The second-order valence-corrected chi connectivity index (χ2v) is 5.03. The molecule has 0 bridgehead atoms. The molecule has 0 fully saturated rings. The summed E-state index contributed by atoms with van der Waals surface area (Å²) in [6, 6.07) is 12.9. The Morgan fingerprint density at radius 2 is 1.90 bits per heavy atom. The molecule has 2 rings (SSSR count). The van der Waals surface area contributed by atoms with Gasteiger partial charge in [-0.2, -0.15) is 0 Å². The molecular formula is C16H17ClFNO. The third-order valence-corrected chi connectivity index (χ3v) is 3.20. The average molecular weight is 294 g/mol. The van der Waals surface area contributed by atoms with Gasteiger partial charge in [-0.05, 0) is 23.3 Å². The number of hydrogen-bond donors (Lipinski definition) is 1. The fourth-order valence-corrected chi connectivity index (χ4v) is 2.16. The minimum atomic E-state index is -0.280. The zero-order valence-electron chi connectivity index (χ0n) is 11.3. The molecule has 0 radical (unpaired) electrons. The molecule has 2 nitrogen and oxygen atoms in total. The van der Waals surface area contributed by atoms with Gasteiger partial charge in [0.1, 0.15) is 5.82 Å².